The normalized spacial score (nSPS) is 12.2. The average Bonchev–Trinajstić information content (AvgIpc) is 2.45. The van der Waals surface area contributed by atoms with Gasteiger partial charge in [0.25, 0.3) is 0 Å². The molecule has 0 saturated heterocycles. The van der Waals surface area contributed by atoms with Crippen LogP contribution in [0.4, 0.5) is 4.39 Å². The summed E-state index contributed by atoms with van der Waals surface area (Å²) in [6, 6.07) is 8.20. The molecule has 20 heavy (non-hydrogen) atoms. The maximum absolute atomic E-state index is 13.2. The maximum atomic E-state index is 13.2. The number of rotatable bonds is 6. The number of aryl methyl sites for hydroxylation is 1. The Hall–Kier alpha value is -1.94. The molecule has 0 aliphatic carbocycles. The van der Waals surface area contributed by atoms with Crippen LogP contribution in [0.5, 0.6) is 5.75 Å². The van der Waals surface area contributed by atoms with Crippen molar-refractivity contribution < 1.29 is 9.13 Å². The topological polar surface area (TPSA) is 48.1 Å². The molecular formula is C16H19FN2O. The molecule has 1 aromatic heterocycles. The fourth-order valence-corrected chi connectivity index (χ4v) is 2.01. The predicted octanol–water partition coefficient (Wildman–Crippen LogP) is 3.25. The molecule has 0 radical (unpaired) electrons. The Labute approximate surface area is 118 Å². The van der Waals surface area contributed by atoms with E-state index in [1.54, 1.807) is 18.5 Å². The Morgan fingerprint density at radius 1 is 1.25 bits per heavy atom. The molecule has 1 atom stereocenters. The Morgan fingerprint density at radius 3 is 2.70 bits per heavy atom. The number of ether oxygens (including phenoxy) is 1. The van der Waals surface area contributed by atoms with E-state index in [0.717, 1.165) is 12.8 Å². The standard InChI is InChI=1S/C16H19FN2O/c1-12(18)15-11-14(17)4-5-16(15)20-10-2-3-13-6-8-19-9-7-13/h4-9,11-12H,2-3,10,18H2,1H3/t12-/m0/s1. The molecule has 0 bridgehead atoms. The molecule has 1 heterocycles. The van der Waals surface area contributed by atoms with Gasteiger partial charge in [-0.3, -0.25) is 4.98 Å². The summed E-state index contributed by atoms with van der Waals surface area (Å²) in [5.74, 6) is 0.373. The number of aromatic nitrogens is 1. The number of benzene rings is 1. The first-order valence-electron chi connectivity index (χ1n) is 6.73. The summed E-state index contributed by atoms with van der Waals surface area (Å²) in [5.41, 5.74) is 7.76. The molecule has 2 aromatic rings. The van der Waals surface area contributed by atoms with Crippen molar-refractivity contribution in [2.75, 3.05) is 6.61 Å². The maximum Gasteiger partial charge on any atom is 0.124 e. The third-order valence-corrected chi connectivity index (χ3v) is 3.08. The summed E-state index contributed by atoms with van der Waals surface area (Å²) in [4.78, 5) is 3.98. The van der Waals surface area contributed by atoms with E-state index in [9.17, 15) is 4.39 Å². The van der Waals surface area contributed by atoms with E-state index in [1.807, 2.05) is 19.1 Å². The Balaban J connectivity index is 1.88. The van der Waals surface area contributed by atoms with Crippen LogP contribution >= 0.6 is 0 Å². The Kier molecular flexibility index (Phi) is 5.07. The first-order valence-corrected chi connectivity index (χ1v) is 6.73. The van der Waals surface area contributed by atoms with Gasteiger partial charge in [-0.25, -0.2) is 4.39 Å². The second kappa shape index (κ2) is 7.01. The quantitative estimate of drug-likeness (QED) is 0.823. The molecule has 0 fully saturated rings. The highest BCUT2D eigenvalue weighted by molar-refractivity contribution is 5.36. The molecule has 2 N–H and O–H groups in total. The number of nitrogens with zero attached hydrogens (tertiary/aromatic N) is 1. The molecular weight excluding hydrogens is 255 g/mol. The van der Waals surface area contributed by atoms with Gasteiger partial charge in [0, 0.05) is 24.0 Å². The predicted molar refractivity (Wildman–Crippen MR) is 77.1 cm³/mol. The van der Waals surface area contributed by atoms with Gasteiger partial charge < -0.3 is 10.5 Å². The zero-order valence-corrected chi connectivity index (χ0v) is 11.6. The highest BCUT2D eigenvalue weighted by atomic mass is 19.1. The SMILES string of the molecule is C[C@H](N)c1cc(F)ccc1OCCCc1ccncc1. The number of hydrogen-bond donors (Lipinski definition) is 1. The largest absolute Gasteiger partial charge is 0.493 e. The molecule has 3 nitrogen and oxygen atoms in total. The molecule has 2 rings (SSSR count). The van der Waals surface area contributed by atoms with Crippen LogP contribution in [0.3, 0.4) is 0 Å². The van der Waals surface area contributed by atoms with Crippen molar-refractivity contribution in [3.8, 4) is 5.75 Å². The van der Waals surface area contributed by atoms with Crippen molar-refractivity contribution in [3.05, 3.63) is 59.7 Å². The van der Waals surface area contributed by atoms with Crippen LogP contribution < -0.4 is 10.5 Å². The number of nitrogens with two attached hydrogens (primary N) is 1. The highest BCUT2D eigenvalue weighted by Gasteiger charge is 2.09. The lowest BCUT2D eigenvalue weighted by molar-refractivity contribution is 0.306. The molecule has 1 aromatic carbocycles. The first kappa shape index (κ1) is 14.5. The van der Waals surface area contributed by atoms with E-state index in [1.165, 1.54) is 17.7 Å². The van der Waals surface area contributed by atoms with Crippen molar-refractivity contribution >= 4 is 0 Å². The lowest BCUT2D eigenvalue weighted by Gasteiger charge is -2.14. The van der Waals surface area contributed by atoms with Gasteiger partial charge in [0.15, 0.2) is 0 Å². The molecule has 0 saturated carbocycles. The molecule has 0 spiro atoms. The van der Waals surface area contributed by atoms with Crippen LogP contribution in [0, 0.1) is 5.82 Å². The van der Waals surface area contributed by atoms with Gasteiger partial charge in [-0.2, -0.15) is 0 Å². The van der Waals surface area contributed by atoms with Gasteiger partial charge in [-0.1, -0.05) is 0 Å². The van der Waals surface area contributed by atoms with Crippen molar-refractivity contribution in [3.63, 3.8) is 0 Å². The van der Waals surface area contributed by atoms with Crippen molar-refractivity contribution in [1.29, 1.82) is 0 Å². The van der Waals surface area contributed by atoms with Crippen molar-refractivity contribution in [2.45, 2.75) is 25.8 Å². The van der Waals surface area contributed by atoms with E-state index < -0.39 is 0 Å². The zero-order valence-electron chi connectivity index (χ0n) is 11.6. The van der Waals surface area contributed by atoms with Crippen LogP contribution in [0.25, 0.3) is 0 Å². The van der Waals surface area contributed by atoms with Crippen LogP contribution in [-0.2, 0) is 6.42 Å². The highest BCUT2D eigenvalue weighted by Crippen LogP contribution is 2.24. The van der Waals surface area contributed by atoms with E-state index >= 15 is 0 Å². The zero-order chi connectivity index (χ0) is 14.4. The molecule has 106 valence electrons. The van der Waals surface area contributed by atoms with E-state index in [-0.39, 0.29) is 11.9 Å². The van der Waals surface area contributed by atoms with Gasteiger partial charge >= 0.3 is 0 Å². The van der Waals surface area contributed by atoms with E-state index in [4.69, 9.17) is 10.5 Å². The van der Waals surface area contributed by atoms with Crippen molar-refractivity contribution in [2.24, 2.45) is 5.73 Å². The smallest absolute Gasteiger partial charge is 0.124 e. The minimum atomic E-state index is -0.290. The summed E-state index contributed by atoms with van der Waals surface area (Å²) in [6.07, 6.45) is 5.38. The lowest BCUT2D eigenvalue weighted by Crippen LogP contribution is -2.09. The number of halogens is 1. The number of pyridine rings is 1. The van der Waals surface area contributed by atoms with Gasteiger partial charge in [0.05, 0.1) is 6.61 Å². The Bertz CT molecular complexity index is 543. The van der Waals surface area contributed by atoms with Crippen LogP contribution in [-0.4, -0.2) is 11.6 Å². The van der Waals surface area contributed by atoms with Crippen molar-refractivity contribution in [1.82, 2.24) is 4.98 Å². The van der Waals surface area contributed by atoms with E-state index in [2.05, 4.69) is 4.98 Å². The summed E-state index contributed by atoms with van der Waals surface area (Å²) < 4.78 is 18.9. The van der Waals surface area contributed by atoms with Gasteiger partial charge in [-0.05, 0) is 55.7 Å². The minimum absolute atomic E-state index is 0.249. The first-order chi connectivity index (χ1) is 9.66. The van der Waals surface area contributed by atoms with Gasteiger partial charge in [0.1, 0.15) is 11.6 Å². The fourth-order valence-electron chi connectivity index (χ4n) is 2.01. The fraction of sp³-hybridized carbons (Fsp3) is 0.312. The minimum Gasteiger partial charge on any atom is -0.493 e. The second-order valence-corrected chi connectivity index (χ2v) is 4.78. The summed E-state index contributed by atoms with van der Waals surface area (Å²) in [7, 11) is 0. The molecule has 0 amide bonds. The van der Waals surface area contributed by atoms with Crippen LogP contribution in [0.1, 0.15) is 30.5 Å². The number of hydrogen-bond acceptors (Lipinski definition) is 3. The molecule has 0 unspecified atom stereocenters. The lowest BCUT2D eigenvalue weighted by atomic mass is 10.1. The van der Waals surface area contributed by atoms with Crippen LogP contribution in [0.15, 0.2) is 42.7 Å². The monoisotopic (exact) mass is 274 g/mol. The van der Waals surface area contributed by atoms with Crippen LogP contribution in [0.2, 0.25) is 0 Å². The molecule has 0 aliphatic heterocycles. The average molecular weight is 274 g/mol. The summed E-state index contributed by atoms with van der Waals surface area (Å²) >= 11 is 0. The third-order valence-electron chi connectivity index (χ3n) is 3.08. The van der Waals surface area contributed by atoms with Gasteiger partial charge in [0.2, 0.25) is 0 Å². The van der Waals surface area contributed by atoms with Gasteiger partial charge in [-0.15, -0.1) is 0 Å². The second-order valence-electron chi connectivity index (χ2n) is 4.78. The third kappa shape index (κ3) is 4.03. The Morgan fingerprint density at radius 2 is 2.00 bits per heavy atom. The summed E-state index contributed by atoms with van der Waals surface area (Å²) in [5, 5.41) is 0. The van der Waals surface area contributed by atoms with E-state index in [0.29, 0.717) is 17.9 Å². The molecule has 0 aliphatic rings. The summed E-state index contributed by atoms with van der Waals surface area (Å²) in [6.45, 7) is 2.40. The molecule has 4 heteroatoms.